The molecule has 2 atom stereocenters. The number of aryl methyl sites for hydroxylation is 1. The minimum atomic E-state index is -2.74. The van der Waals surface area contributed by atoms with E-state index in [0.717, 1.165) is 24.0 Å². The average Bonchev–Trinajstić information content (AvgIpc) is 2.88. The fourth-order valence-corrected chi connectivity index (χ4v) is 4.16. The van der Waals surface area contributed by atoms with E-state index < -0.39 is 13.8 Å². The SMILES string of the molecule is CCCCCCCOc1ccc(CCC(N)(CO)CO[PH](=O)OCc2ccccc2)cc1C#N. The average molecular weight is 489 g/mol. The summed E-state index contributed by atoms with van der Waals surface area (Å²) in [5.41, 5.74) is 7.48. The maximum absolute atomic E-state index is 12.1. The Balaban J connectivity index is 1.80. The number of hydrogen-bond donors (Lipinski definition) is 2. The highest BCUT2D eigenvalue weighted by Crippen LogP contribution is 2.28. The van der Waals surface area contributed by atoms with Crippen molar-refractivity contribution in [1.29, 1.82) is 5.26 Å². The molecule has 0 aliphatic rings. The Labute approximate surface area is 203 Å². The van der Waals surface area contributed by atoms with Crippen LogP contribution in [0.1, 0.15) is 62.1 Å². The van der Waals surface area contributed by atoms with Gasteiger partial charge in [0.1, 0.15) is 11.8 Å². The molecule has 7 nitrogen and oxygen atoms in total. The number of benzene rings is 2. The van der Waals surface area contributed by atoms with Crippen molar-refractivity contribution in [2.75, 3.05) is 19.8 Å². The van der Waals surface area contributed by atoms with Crippen molar-refractivity contribution in [2.45, 2.75) is 64.0 Å². The molecule has 0 heterocycles. The van der Waals surface area contributed by atoms with E-state index in [0.29, 0.717) is 30.8 Å². The van der Waals surface area contributed by atoms with Crippen LogP contribution in [0.5, 0.6) is 5.75 Å². The number of nitriles is 1. The van der Waals surface area contributed by atoms with Gasteiger partial charge in [-0.3, -0.25) is 4.57 Å². The van der Waals surface area contributed by atoms with Crippen molar-refractivity contribution in [3.05, 3.63) is 65.2 Å². The van der Waals surface area contributed by atoms with E-state index in [1.165, 1.54) is 19.3 Å². The smallest absolute Gasteiger partial charge is 0.319 e. The zero-order valence-corrected chi connectivity index (χ0v) is 21.0. The fourth-order valence-electron chi connectivity index (χ4n) is 3.38. The molecule has 0 aliphatic carbocycles. The van der Waals surface area contributed by atoms with E-state index in [-0.39, 0.29) is 19.8 Å². The van der Waals surface area contributed by atoms with Crippen molar-refractivity contribution in [3.8, 4) is 11.8 Å². The number of aliphatic hydroxyl groups is 1. The summed E-state index contributed by atoms with van der Waals surface area (Å²) in [5, 5.41) is 19.3. The summed E-state index contributed by atoms with van der Waals surface area (Å²) in [7, 11) is -2.74. The summed E-state index contributed by atoms with van der Waals surface area (Å²) >= 11 is 0. The first-order valence-electron chi connectivity index (χ1n) is 11.9. The highest BCUT2D eigenvalue weighted by molar-refractivity contribution is 7.33. The van der Waals surface area contributed by atoms with Crippen molar-refractivity contribution in [3.63, 3.8) is 0 Å². The Morgan fingerprint density at radius 3 is 2.53 bits per heavy atom. The highest BCUT2D eigenvalue weighted by Gasteiger charge is 2.25. The van der Waals surface area contributed by atoms with Crippen LogP contribution in [0.15, 0.2) is 48.5 Å². The van der Waals surface area contributed by atoms with Crippen LogP contribution in [0.4, 0.5) is 0 Å². The maximum Gasteiger partial charge on any atom is 0.319 e. The summed E-state index contributed by atoms with van der Waals surface area (Å²) in [5.74, 6) is 0.584. The van der Waals surface area contributed by atoms with Crippen LogP contribution in [0, 0.1) is 11.3 Å². The topological polar surface area (TPSA) is 115 Å². The lowest BCUT2D eigenvalue weighted by Gasteiger charge is -2.26. The van der Waals surface area contributed by atoms with E-state index in [4.69, 9.17) is 19.5 Å². The minimum absolute atomic E-state index is 0.0968. The summed E-state index contributed by atoms with van der Waals surface area (Å²) < 4.78 is 28.5. The molecule has 0 bridgehead atoms. The lowest BCUT2D eigenvalue weighted by molar-refractivity contribution is 0.115. The van der Waals surface area contributed by atoms with Crippen molar-refractivity contribution >= 4 is 8.25 Å². The molecule has 8 heteroatoms. The predicted octanol–water partition coefficient (Wildman–Crippen LogP) is 5.15. The molecule has 0 saturated carbocycles. The summed E-state index contributed by atoms with van der Waals surface area (Å²) in [6, 6.07) is 17.1. The first-order chi connectivity index (χ1) is 16.5. The van der Waals surface area contributed by atoms with Crippen LogP contribution in [-0.4, -0.2) is 30.5 Å². The minimum Gasteiger partial charge on any atom is -0.492 e. The molecule has 0 radical (unpaired) electrons. The predicted molar refractivity (Wildman–Crippen MR) is 134 cm³/mol. The molecule has 3 N–H and O–H groups in total. The first-order valence-corrected chi connectivity index (χ1v) is 13.1. The maximum atomic E-state index is 12.1. The monoisotopic (exact) mass is 488 g/mol. The Morgan fingerprint density at radius 2 is 1.82 bits per heavy atom. The number of unbranched alkanes of at least 4 members (excludes halogenated alkanes) is 4. The number of aliphatic hydroxyl groups excluding tert-OH is 1. The van der Waals surface area contributed by atoms with E-state index >= 15 is 0 Å². The number of nitrogens with two attached hydrogens (primary N) is 1. The zero-order valence-electron chi connectivity index (χ0n) is 20.0. The van der Waals surface area contributed by atoms with E-state index in [2.05, 4.69) is 13.0 Å². The molecule has 2 unspecified atom stereocenters. The van der Waals surface area contributed by atoms with Crippen LogP contribution < -0.4 is 10.5 Å². The molecule has 0 aliphatic heterocycles. The molecular formula is C26H37N2O5P. The van der Waals surface area contributed by atoms with E-state index in [9.17, 15) is 14.9 Å². The van der Waals surface area contributed by atoms with Gasteiger partial charge in [-0.25, -0.2) is 0 Å². The lowest BCUT2D eigenvalue weighted by atomic mass is 9.93. The Kier molecular flexibility index (Phi) is 12.9. The quantitative estimate of drug-likeness (QED) is 0.234. The van der Waals surface area contributed by atoms with Crippen molar-refractivity contribution in [1.82, 2.24) is 0 Å². The van der Waals surface area contributed by atoms with Gasteiger partial charge in [-0.1, -0.05) is 69.0 Å². The lowest BCUT2D eigenvalue weighted by Crippen LogP contribution is -2.48. The summed E-state index contributed by atoms with van der Waals surface area (Å²) in [6.07, 6.45) is 6.65. The van der Waals surface area contributed by atoms with Gasteiger partial charge in [0, 0.05) is 0 Å². The Morgan fingerprint density at radius 1 is 1.06 bits per heavy atom. The van der Waals surface area contributed by atoms with E-state index in [1.807, 2.05) is 42.5 Å². The second kappa shape index (κ2) is 15.7. The van der Waals surface area contributed by atoms with Crippen LogP contribution in [0.3, 0.4) is 0 Å². The van der Waals surface area contributed by atoms with Gasteiger partial charge < -0.3 is 24.6 Å². The fraction of sp³-hybridized carbons (Fsp3) is 0.500. The molecule has 0 fully saturated rings. The number of nitrogens with zero attached hydrogens (tertiary/aromatic N) is 1. The van der Waals surface area contributed by atoms with Gasteiger partial charge >= 0.3 is 8.25 Å². The molecule has 186 valence electrons. The Hall–Kier alpha value is -2.20. The second-order valence-electron chi connectivity index (χ2n) is 8.54. The van der Waals surface area contributed by atoms with Crippen molar-refractivity contribution < 1.29 is 23.5 Å². The third-order valence-corrected chi connectivity index (χ3v) is 6.33. The summed E-state index contributed by atoms with van der Waals surface area (Å²) in [6.45, 7) is 2.53. The normalized spacial score (nSPS) is 13.7. The molecule has 0 spiro atoms. The van der Waals surface area contributed by atoms with Crippen molar-refractivity contribution in [2.24, 2.45) is 5.73 Å². The number of ether oxygens (including phenoxy) is 1. The highest BCUT2D eigenvalue weighted by atomic mass is 31.1. The third kappa shape index (κ3) is 10.4. The van der Waals surface area contributed by atoms with Gasteiger partial charge in [-0.2, -0.15) is 5.26 Å². The van der Waals surface area contributed by atoms with Gasteiger partial charge in [0.05, 0.1) is 37.5 Å². The molecule has 0 aromatic heterocycles. The van der Waals surface area contributed by atoms with Gasteiger partial charge in [0.25, 0.3) is 0 Å². The zero-order chi connectivity index (χ0) is 24.7. The molecule has 0 saturated heterocycles. The Bertz CT molecular complexity index is 919. The van der Waals surface area contributed by atoms with Crippen LogP contribution >= 0.6 is 8.25 Å². The van der Waals surface area contributed by atoms with Gasteiger partial charge in [0.2, 0.25) is 0 Å². The molecule has 2 aromatic carbocycles. The number of rotatable bonds is 17. The third-order valence-electron chi connectivity index (χ3n) is 5.57. The van der Waals surface area contributed by atoms with Crippen LogP contribution in [0.2, 0.25) is 0 Å². The van der Waals surface area contributed by atoms with Gasteiger partial charge in [-0.05, 0) is 42.5 Å². The second-order valence-corrected chi connectivity index (χ2v) is 9.62. The molecule has 2 aromatic rings. The molecule has 0 amide bonds. The van der Waals surface area contributed by atoms with E-state index in [1.54, 1.807) is 6.07 Å². The standard InChI is InChI=1S/C26H37N2O5P/c1-2-3-4-5-9-16-31-25-13-12-22(17-24(25)18-27)14-15-26(28,20-29)21-33-34(30)32-19-23-10-7-6-8-11-23/h6-8,10-13,17,29,34H,2-5,9,14-16,19-21,28H2,1H3. The van der Waals surface area contributed by atoms with Crippen LogP contribution in [0.25, 0.3) is 0 Å². The first kappa shape index (κ1) is 28.0. The molecular weight excluding hydrogens is 451 g/mol. The number of hydrogen-bond acceptors (Lipinski definition) is 7. The largest absolute Gasteiger partial charge is 0.492 e. The molecule has 34 heavy (non-hydrogen) atoms. The van der Waals surface area contributed by atoms with Gasteiger partial charge in [0.15, 0.2) is 0 Å². The van der Waals surface area contributed by atoms with Crippen LogP contribution in [-0.2, 0) is 26.6 Å². The van der Waals surface area contributed by atoms with Gasteiger partial charge in [-0.15, -0.1) is 0 Å². The molecule has 2 rings (SSSR count). The summed E-state index contributed by atoms with van der Waals surface area (Å²) in [4.78, 5) is 0.